The Kier molecular flexibility index (Phi) is 11.7. The van der Waals surface area contributed by atoms with E-state index in [1.54, 1.807) is 0 Å². The van der Waals surface area contributed by atoms with Crippen LogP contribution in [0.1, 0.15) is 85.3 Å². The minimum Gasteiger partial charge on any atom is -0.512 e. The maximum atomic E-state index is 11.5. The topological polar surface area (TPSA) is 50.2 Å². The number of pyridine rings is 1. The van der Waals surface area contributed by atoms with Crippen LogP contribution in [0.15, 0.2) is 60.4 Å². The second-order valence-corrected chi connectivity index (χ2v) is 11.3. The number of allylic oxidation sites excluding steroid dienone is 2. The van der Waals surface area contributed by atoms with Crippen molar-refractivity contribution in [2.24, 2.45) is 10.8 Å². The van der Waals surface area contributed by atoms with E-state index in [0.29, 0.717) is 5.92 Å². The Morgan fingerprint density at radius 3 is 2.14 bits per heavy atom. The van der Waals surface area contributed by atoms with Gasteiger partial charge < -0.3 is 5.11 Å². The number of carbonyl (C=O) groups is 1. The summed E-state index contributed by atoms with van der Waals surface area (Å²) >= 11 is 0. The maximum absolute atomic E-state index is 11.5. The van der Waals surface area contributed by atoms with Gasteiger partial charge in [0, 0.05) is 37.0 Å². The van der Waals surface area contributed by atoms with Crippen molar-refractivity contribution < 1.29 is 30.0 Å². The van der Waals surface area contributed by atoms with E-state index in [4.69, 9.17) is 4.98 Å². The zero-order valence-corrected chi connectivity index (χ0v) is 25.7. The van der Waals surface area contributed by atoms with E-state index in [-0.39, 0.29) is 37.1 Å². The molecule has 3 nitrogen and oxygen atoms in total. The van der Waals surface area contributed by atoms with Crippen LogP contribution in [0.3, 0.4) is 0 Å². The molecule has 1 heterocycles. The monoisotopic (exact) mass is 665 g/mol. The molecule has 0 fully saturated rings. The van der Waals surface area contributed by atoms with Gasteiger partial charge in [-0.25, -0.2) is 0 Å². The summed E-state index contributed by atoms with van der Waals surface area (Å²) in [7, 11) is 0. The summed E-state index contributed by atoms with van der Waals surface area (Å²) in [4.78, 5) is 16.3. The number of hydrogen-bond acceptors (Lipinski definition) is 3. The molecule has 1 N–H and O–H groups in total. The number of rotatable bonds is 5. The predicted molar refractivity (Wildman–Crippen MR) is 149 cm³/mol. The Balaban J connectivity index is 0.000000402. The third-order valence-electron chi connectivity index (χ3n) is 6.13. The van der Waals surface area contributed by atoms with Crippen molar-refractivity contribution in [2.45, 2.75) is 81.1 Å². The van der Waals surface area contributed by atoms with Gasteiger partial charge in [-0.3, -0.25) is 9.78 Å². The molecule has 0 bridgehead atoms. The molecule has 0 spiro atoms. The fourth-order valence-electron chi connectivity index (χ4n) is 3.65. The smallest absolute Gasteiger partial charge is 0.164 e. The number of nitrogens with zero attached hydrogens (tertiary/aromatic N) is 1. The number of carbonyl (C=O) groups excluding carboxylic acids is 1. The Hall–Kier alpha value is -2.29. The Labute approximate surface area is 231 Å². The van der Waals surface area contributed by atoms with Crippen molar-refractivity contribution in [3.8, 4) is 11.3 Å². The van der Waals surface area contributed by atoms with Crippen LogP contribution in [0, 0.1) is 23.8 Å². The quantitative estimate of drug-likeness (QED) is 0.168. The number of hydrogen-bond donors (Lipinski definition) is 1. The number of aliphatic hydroxyl groups excluding tert-OH is 1. The maximum Gasteiger partial charge on any atom is 0.164 e. The molecule has 1 aromatic heterocycles. The molecule has 4 heteroatoms. The summed E-state index contributed by atoms with van der Waals surface area (Å²) in [5.74, 6) is 0.722. The normalized spacial score (nSPS) is 12.1. The fourth-order valence-corrected chi connectivity index (χ4v) is 3.65. The third kappa shape index (κ3) is 8.98. The van der Waals surface area contributed by atoms with Gasteiger partial charge in [0.15, 0.2) is 5.78 Å². The fraction of sp³-hybridized carbons (Fsp3) is 0.438. The SMILES string of the molecule is CC(C)(C)C(=O)/C=C(\O)C(C)(C)C.CCC(CC)c1cc(C)[c-]c(-c2ccc3ccccc3n2)c1.[Ir]. The summed E-state index contributed by atoms with van der Waals surface area (Å²) < 4.78 is 0. The van der Waals surface area contributed by atoms with Gasteiger partial charge in [0.05, 0.1) is 5.52 Å². The Morgan fingerprint density at radius 2 is 1.58 bits per heavy atom. The predicted octanol–water partition coefficient (Wildman–Crippen LogP) is 9.00. The van der Waals surface area contributed by atoms with Gasteiger partial charge in [0.25, 0.3) is 0 Å². The minimum atomic E-state index is -0.417. The number of ketones is 1. The molecule has 0 aliphatic carbocycles. The van der Waals surface area contributed by atoms with Gasteiger partial charge >= 0.3 is 0 Å². The summed E-state index contributed by atoms with van der Waals surface area (Å²) in [5.41, 5.74) is 4.99. The van der Waals surface area contributed by atoms with Gasteiger partial charge in [0.1, 0.15) is 5.76 Å². The molecular weight excluding hydrogens is 623 g/mol. The first-order valence-corrected chi connectivity index (χ1v) is 12.6. The molecule has 0 aliphatic heterocycles. The average molecular weight is 665 g/mol. The number of aromatic nitrogens is 1. The van der Waals surface area contributed by atoms with E-state index in [0.717, 1.165) is 16.8 Å². The van der Waals surface area contributed by atoms with E-state index in [1.807, 2.05) is 53.7 Å². The molecule has 2 aromatic carbocycles. The van der Waals surface area contributed by atoms with Crippen molar-refractivity contribution in [3.05, 3.63) is 77.6 Å². The van der Waals surface area contributed by atoms with E-state index in [9.17, 15) is 9.90 Å². The van der Waals surface area contributed by atoms with Crippen molar-refractivity contribution in [3.63, 3.8) is 0 Å². The molecular formula is C32H42IrNO2-. The molecule has 36 heavy (non-hydrogen) atoms. The first kappa shape index (κ1) is 31.7. The molecule has 0 atom stereocenters. The van der Waals surface area contributed by atoms with Crippen LogP contribution in [0.2, 0.25) is 0 Å². The van der Waals surface area contributed by atoms with Crippen LogP contribution >= 0.6 is 0 Å². The van der Waals surface area contributed by atoms with Crippen LogP contribution in [-0.4, -0.2) is 15.9 Å². The zero-order chi connectivity index (χ0) is 26.4. The number of aryl methyl sites for hydroxylation is 1. The Morgan fingerprint density at radius 1 is 0.972 bits per heavy atom. The summed E-state index contributed by atoms with van der Waals surface area (Å²) in [5, 5.41) is 10.7. The minimum absolute atomic E-state index is 0. The molecule has 3 rings (SSSR count). The van der Waals surface area contributed by atoms with Gasteiger partial charge in [-0.2, -0.15) is 0 Å². The first-order chi connectivity index (χ1) is 16.3. The van der Waals surface area contributed by atoms with Crippen molar-refractivity contribution in [1.29, 1.82) is 0 Å². The summed E-state index contributed by atoms with van der Waals surface area (Å²) in [6.45, 7) is 17.8. The second-order valence-electron chi connectivity index (χ2n) is 11.3. The average Bonchev–Trinajstić information content (AvgIpc) is 2.78. The summed E-state index contributed by atoms with van der Waals surface area (Å²) in [6.07, 6.45) is 3.68. The summed E-state index contributed by atoms with van der Waals surface area (Å²) in [6, 6.07) is 20.5. The molecule has 0 saturated carbocycles. The standard InChI is InChI=1S/C21H22N.C11H20O2.Ir/c1-4-16(5-2)18-12-15(3)13-19(14-18)21-11-10-17-8-6-7-9-20(17)22-21;1-10(2,3)8(12)7-9(13)11(4,5)6;/h6-12,14,16H,4-5H2,1-3H3;7,12H,1-6H3;/q-1;;/b;8-7-;. The van der Waals surface area contributed by atoms with E-state index < -0.39 is 5.41 Å². The third-order valence-corrected chi connectivity index (χ3v) is 6.13. The second kappa shape index (κ2) is 13.3. The molecule has 0 unspecified atom stereocenters. The number of aliphatic hydroxyl groups is 1. The molecule has 0 aliphatic rings. The molecule has 0 amide bonds. The van der Waals surface area contributed by atoms with Crippen LogP contribution in [0.5, 0.6) is 0 Å². The van der Waals surface area contributed by atoms with E-state index in [2.05, 4.69) is 63.2 Å². The van der Waals surface area contributed by atoms with Crippen LogP contribution in [0.4, 0.5) is 0 Å². The zero-order valence-electron chi connectivity index (χ0n) is 23.3. The van der Waals surface area contributed by atoms with Crippen LogP contribution in [0.25, 0.3) is 22.2 Å². The van der Waals surface area contributed by atoms with Gasteiger partial charge in [-0.1, -0.05) is 105 Å². The number of benzene rings is 2. The van der Waals surface area contributed by atoms with Crippen LogP contribution in [-0.2, 0) is 24.9 Å². The molecule has 0 saturated heterocycles. The van der Waals surface area contributed by atoms with Crippen molar-refractivity contribution >= 4 is 16.7 Å². The Bertz CT molecular complexity index is 1180. The van der Waals surface area contributed by atoms with E-state index in [1.165, 1.54) is 35.4 Å². The molecule has 3 aromatic rings. The van der Waals surface area contributed by atoms with Crippen molar-refractivity contribution in [1.82, 2.24) is 4.98 Å². The number of para-hydroxylation sites is 1. The molecule has 197 valence electrons. The molecule has 1 radical (unpaired) electrons. The number of fused-ring (bicyclic) bond motifs is 1. The van der Waals surface area contributed by atoms with Crippen LogP contribution < -0.4 is 0 Å². The largest absolute Gasteiger partial charge is 0.512 e. The van der Waals surface area contributed by atoms with Gasteiger partial charge in [-0.15, -0.1) is 34.9 Å². The van der Waals surface area contributed by atoms with Crippen molar-refractivity contribution in [2.75, 3.05) is 0 Å². The van der Waals surface area contributed by atoms with Gasteiger partial charge in [-0.05, 0) is 23.1 Å². The van der Waals surface area contributed by atoms with Gasteiger partial charge in [0.2, 0.25) is 0 Å². The first-order valence-electron chi connectivity index (χ1n) is 12.6. The van der Waals surface area contributed by atoms with E-state index >= 15 is 0 Å².